The normalized spacial score (nSPS) is 19.1. The summed E-state index contributed by atoms with van der Waals surface area (Å²) in [4.78, 5) is 21.1. The van der Waals surface area contributed by atoms with Gasteiger partial charge in [0.1, 0.15) is 5.52 Å². The molecule has 0 saturated heterocycles. The summed E-state index contributed by atoms with van der Waals surface area (Å²) in [6.07, 6.45) is 7.70. The number of fused-ring (bicyclic) bond motifs is 1. The third kappa shape index (κ3) is 4.83. The fourth-order valence-corrected chi connectivity index (χ4v) is 4.81. The van der Waals surface area contributed by atoms with Crippen molar-refractivity contribution in [3.05, 3.63) is 23.1 Å². The standard InChI is InChI=1S/C23H31ClN6O3/c1-6-33-21(31)15-11-25-30(13-15)22-26-17-18(20(27-22)32-5)29(28-19(17)24)12-14-7-9-16(10-8-14)23(2,3)4/h11,13-14,16H,6-10,12H2,1-5H3. The van der Waals surface area contributed by atoms with Crippen molar-refractivity contribution in [2.75, 3.05) is 13.7 Å². The molecule has 0 spiro atoms. The van der Waals surface area contributed by atoms with Gasteiger partial charge in [-0.15, -0.1) is 0 Å². The number of aromatic nitrogens is 6. The maximum atomic E-state index is 12.0. The molecule has 0 atom stereocenters. The smallest absolute Gasteiger partial charge is 0.341 e. The van der Waals surface area contributed by atoms with Crippen LogP contribution in [-0.4, -0.2) is 49.2 Å². The zero-order valence-electron chi connectivity index (χ0n) is 19.8. The molecule has 0 radical (unpaired) electrons. The van der Waals surface area contributed by atoms with Crippen molar-refractivity contribution < 1.29 is 14.3 Å². The molecule has 0 unspecified atom stereocenters. The molecule has 0 aromatic carbocycles. The van der Waals surface area contributed by atoms with Crippen molar-refractivity contribution in [3.8, 4) is 11.8 Å². The summed E-state index contributed by atoms with van der Waals surface area (Å²) in [6.45, 7) is 9.76. The predicted molar refractivity (Wildman–Crippen MR) is 125 cm³/mol. The highest BCUT2D eigenvalue weighted by molar-refractivity contribution is 6.33. The van der Waals surface area contributed by atoms with E-state index >= 15 is 0 Å². The SMILES string of the molecule is CCOC(=O)c1cnn(-c2nc(OC)c3c(n2)c(Cl)nn3CC2CCC(C(C)(C)C)CC2)c1. The molecule has 3 heterocycles. The Bertz CT molecular complexity index is 1140. The van der Waals surface area contributed by atoms with Crippen LogP contribution in [0.1, 0.15) is 63.7 Å². The van der Waals surface area contributed by atoms with Gasteiger partial charge in [0.15, 0.2) is 10.7 Å². The van der Waals surface area contributed by atoms with E-state index in [1.54, 1.807) is 14.0 Å². The predicted octanol–water partition coefficient (Wildman–Crippen LogP) is 4.70. The van der Waals surface area contributed by atoms with Crippen LogP contribution >= 0.6 is 11.6 Å². The zero-order valence-corrected chi connectivity index (χ0v) is 20.6. The van der Waals surface area contributed by atoms with Crippen LogP contribution in [0.5, 0.6) is 5.88 Å². The number of nitrogens with zero attached hydrogens (tertiary/aromatic N) is 6. The maximum absolute atomic E-state index is 12.0. The van der Waals surface area contributed by atoms with Gasteiger partial charge in [0.05, 0.1) is 25.5 Å². The van der Waals surface area contributed by atoms with E-state index in [2.05, 4.69) is 40.9 Å². The summed E-state index contributed by atoms with van der Waals surface area (Å²) in [6, 6.07) is 0. The molecule has 10 heteroatoms. The van der Waals surface area contributed by atoms with Crippen LogP contribution in [0.4, 0.5) is 0 Å². The fourth-order valence-electron chi connectivity index (χ4n) is 4.59. The summed E-state index contributed by atoms with van der Waals surface area (Å²) in [5.74, 6) is 1.42. The molecule has 3 aromatic rings. The van der Waals surface area contributed by atoms with E-state index in [0.29, 0.717) is 33.8 Å². The molecule has 0 bridgehead atoms. The number of carbonyl (C=O) groups excluding carboxylic acids is 1. The van der Waals surface area contributed by atoms with Crippen LogP contribution in [0.15, 0.2) is 12.4 Å². The second-order valence-electron chi connectivity index (χ2n) is 9.68. The van der Waals surface area contributed by atoms with E-state index in [9.17, 15) is 4.79 Å². The van der Waals surface area contributed by atoms with Crippen LogP contribution in [0, 0.1) is 17.3 Å². The second-order valence-corrected chi connectivity index (χ2v) is 10.0. The first-order valence-corrected chi connectivity index (χ1v) is 11.8. The van der Waals surface area contributed by atoms with E-state index in [4.69, 9.17) is 21.1 Å². The first-order valence-electron chi connectivity index (χ1n) is 11.4. The molecule has 1 aliphatic rings. The average Bonchev–Trinajstić information content (AvgIpc) is 3.39. The minimum atomic E-state index is -0.455. The number of hydrogen-bond acceptors (Lipinski definition) is 7. The highest BCUT2D eigenvalue weighted by Gasteiger charge is 2.30. The molecule has 4 rings (SSSR count). The molecule has 9 nitrogen and oxygen atoms in total. The van der Waals surface area contributed by atoms with E-state index < -0.39 is 5.97 Å². The Morgan fingerprint density at radius 3 is 2.58 bits per heavy atom. The molecule has 33 heavy (non-hydrogen) atoms. The number of halogens is 1. The zero-order chi connectivity index (χ0) is 23.8. The van der Waals surface area contributed by atoms with Crippen LogP contribution in [0.3, 0.4) is 0 Å². The van der Waals surface area contributed by atoms with Crippen molar-refractivity contribution >= 4 is 28.6 Å². The van der Waals surface area contributed by atoms with Crippen LogP contribution < -0.4 is 4.74 Å². The molecule has 1 saturated carbocycles. The van der Waals surface area contributed by atoms with Crippen molar-refractivity contribution in [3.63, 3.8) is 0 Å². The topological polar surface area (TPSA) is 96.9 Å². The third-order valence-corrected chi connectivity index (χ3v) is 6.75. The van der Waals surface area contributed by atoms with Gasteiger partial charge >= 0.3 is 5.97 Å². The molecular weight excluding hydrogens is 444 g/mol. The summed E-state index contributed by atoms with van der Waals surface area (Å²) in [5, 5.41) is 9.03. The largest absolute Gasteiger partial charge is 0.479 e. The van der Waals surface area contributed by atoms with Gasteiger partial charge in [0.2, 0.25) is 5.88 Å². The third-order valence-electron chi connectivity index (χ3n) is 6.50. The van der Waals surface area contributed by atoms with Crippen molar-refractivity contribution in [1.82, 2.24) is 29.5 Å². The number of ether oxygens (including phenoxy) is 2. The molecule has 3 aromatic heterocycles. The Balaban J connectivity index is 1.61. The van der Waals surface area contributed by atoms with E-state index in [0.717, 1.165) is 25.3 Å². The van der Waals surface area contributed by atoms with Gasteiger partial charge in [-0.2, -0.15) is 15.2 Å². The summed E-state index contributed by atoms with van der Waals surface area (Å²) in [5.41, 5.74) is 1.82. The summed E-state index contributed by atoms with van der Waals surface area (Å²) >= 11 is 6.48. The van der Waals surface area contributed by atoms with Crippen LogP contribution in [0.25, 0.3) is 17.0 Å². The quantitative estimate of drug-likeness (QED) is 0.477. The Morgan fingerprint density at radius 1 is 1.21 bits per heavy atom. The summed E-state index contributed by atoms with van der Waals surface area (Å²) < 4.78 is 13.9. The number of carbonyl (C=O) groups is 1. The van der Waals surface area contributed by atoms with Crippen molar-refractivity contribution in [2.24, 2.45) is 17.3 Å². The minimum absolute atomic E-state index is 0.238. The van der Waals surface area contributed by atoms with Crippen molar-refractivity contribution in [2.45, 2.75) is 59.9 Å². The van der Waals surface area contributed by atoms with Gasteiger partial charge < -0.3 is 9.47 Å². The van der Waals surface area contributed by atoms with Crippen molar-refractivity contribution in [1.29, 1.82) is 0 Å². The summed E-state index contributed by atoms with van der Waals surface area (Å²) in [7, 11) is 1.55. The lowest BCUT2D eigenvalue weighted by atomic mass is 9.70. The molecule has 1 fully saturated rings. The fraction of sp³-hybridized carbons (Fsp3) is 0.609. The number of rotatable bonds is 6. The first kappa shape index (κ1) is 23.5. The van der Waals surface area contributed by atoms with Crippen LogP contribution in [-0.2, 0) is 11.3 Å². The average molecular weight is 475 g/mol. The van der Waals surface area contributed by atoms with Gasteiger partial charge in [-0.3, -0.25) is 4.68 Å². The lowest BCUT2D eigenvalue weighted by Crippen LogP contribution is -2.27. The monoisotopic (exact) mass is 474 g/mol. The highest BCUT2D eigenvalue weighted by atomic mass is 35.5. The highest BCUT2D eigenvalue weighted by Crippen LogP contribution is 2.40. The number of esters is 1. The Morgan fingerprint density at radius 2 is 1.94 bits per heavy atom. The van der Waals surface area contributed by atoms with Gasteiger partial charge in [-0.25, -0.2) is 14.5 Å². The second kappa shape index (κ2) is 9.29. The molecule has 0 amide bonds. The molecule has 0 N–H and O–H groups in total. The van der Waals surface area contributed by atoms with Gasteiger partial charge in [-0.1, -0.05) is 32.4 Å². The lowest BCUT2D eigenvalue weighted by Gasteiger charge is -2.37. The van der Waals surface area contributed by atoms with Gasteiger partial charge in [-0.05, 0) is 49.9 Å². The van der Waals surface area contributed by atoms with E-state index in [1.807, 2.05) is 4.68 Å². The Hall–Kier alpha value is -2.68. The lowest BCUT2D eigenvalue weighted by molar-refractivity contribution is 0.0526. The van der Waals surface area contributed by atoms with Gasteiger partial charge in [0.25, 0.3) is 5.95 Å². The number of methoxy groups -OCH3 is 1. The molecule has 0 aliphatic heterocycles. The van der Waals surface area contributed by atoms with E-state index in [-0.39, 0.29) is 17.7 Å². The Labute approximate surface area is 198 Å². The maximum Gasteiger partial charge on any atom is 0.341 e. The number of hydrogen-bond donors (Lipinski definition) is 0. The molecule has 178 valence electrons. The van der Waals surface area contributed by atoms with E-state index in [1.165, 1.54) is 29.9 Å². The molecule has 1 aliphatic carbocycles. The first-order chi connectivity index (χ1) is 15.7. The Kier molecular flexibility index (Phi) is 6.61. The molecular formula is C23H31ClN6O3. The van der Waals surface area contributed by atoms with Crippen LogP contribution in [0.2, 0.25) is 5.15 Å². The minimum Gasteiger partial charge on any atom is -0.479 e. The van der Waals surface area contributed by atoms with Gasteiger partial charge in [0, 0.05) is 12.7 Å².